The Morgan fingerprint density at radius 2 is 1.88 bits per heavy atom. The first-order valence-corrected chi connectivity index (χ1v) is 6.23. The zero-order valence-electron chi connectivity index (χ0n) is 10.4. The highest BCUT2D eigenvalue weighted by Gasteiger charge is 2.46. The van der Waals surface area contributed by atoms with E-state index in [9.17, 15) is 4.79 Å². The fraction of sp³-hybridized carbons (Fsp3) is 0.500. The van der Waals surface area contributed by atoms with Gasteiger partial charge in [0.1, 0.15) is 5.60 Å². The van der Waals surface area contributed by atoms with Crippen LogP contribution in [0.4, 0.5) is 0 Å². The second-order valence-electron chi connectivity index (χ2n) is 5.53. The summed E-state index contributed by atoms with van der Waals surface area (Å²) in [4.78, 5) is 11.8. The molecule has 2 rings (SSSR count). The zero-order valence-corrected chi connectivity index (χ0v) is 11.1. The summed E-state index contributed by atoms with van der Waals surface area (Å²) in [5.41, 5.74) is 0.773. The van der Waals surface area contributed by atoms with E-state index in [0.717, 1.165) is 11.4 Å². The summed E-state index contributed by atoms with van der Waals surface area (Å²) in [6.07, 6.45) is 0.885. The summed E-state index contributed by atoms with van der Waals surface area (Å²) >= 11 is 5.83. The minimum absolute atomic E-state index is 0.0235. The van der Waals surface area contributed by atoms with Crippen molar-refractivity contribution in [3.63, 3.8) is 0 Å². The molecule has 0 aromatic heterocycles. The Bertz CT molecular complexity index is 417. The second kappa shape index (κ2) is 4.34. The van der Waals surface area contributed by atoms with Crippen LogP contribution >= 0.6 is 11.6 Å². The van der Waals surface area contributed by atoms with E-state index in [1.165, 1.54) is 5.56 Å². The highest BCUT2D eigenvalue weighted by molar-refractivity contribution is 6.30. The minimum atomic E-state index is -0.399. The molecule has 0 spiro atoms. The van der Waals surface area contributed by atoms with Crippen molar-refractivity contribution in [1.82, 2.24) is 0 Å². The number of ether oxygens (including phenoxy) is 1. The monoisotopic (exact) mass is 252 g/mol. The van der Waals surface area contributed by atoms with Crippen molar-refractivity contribution in [3.05, 3.63) is 34.9 Å². The predicted octanol–water partition coefficient (Wildman–Crippen LogP) is 3.79. The number of hydrogen-bond donors (Lipinski definition) is 0. The number of esters is 1. The Morgan fingerprint density at radius 1 is 1.29 bits per heavy atom. The Labute approximate surface area is 107 Å². The van der Waals surface area contributed by atoms with E-state index in [0.29, 0.717) is 5.92 Å². The molecule has 3 heteroatoms. The van der Waals surface area contributed by atoms with E-state index in [4.69, 9.17) is 16.3 Å². The van der Waals surface area contributed by atoms with Gasteiger partial charge < -0.3 is 4.74 Å². The Balaban J connectivity index is 1.96. The van der Waals surface area contributed by atoms with Crippen LogP contribution in [0.25, 0.3) is 0 Å². The molecule has 1 aromatic carbocycles. The van der Waals surface area contributed by atoms with Crippen LogP contribution in [-0.2, 0) is 9.53 Å². The van der Waals surface area contributed by atoms with Gasteiger partial charge in [-0.3, -0.25) is 4.79 Å². The van der Waals surface area contributed by atoms with Crippen molar-refractivity contribution >= 4 is 17.6 Å². The fourth-order valence-electron chi connectivity index (χ4n) is 1.91. The number of carbonyl (C=O) groups is 1. The lowest BCUT2D eigenvalue weighted by Gasteiger charge is -2.19. The quantitative estimate of drug-likeness (QED) is 0.749. The molecule has 1 aliphatic carbocycles. The van der Waals surface area contributed by atoms with Crippen LogP contribution in [0, 0.1) is 5.92 Å². The lowest BCUT2D eigenvalue weighted by Crippen LogP contribution is -2.25. The molecule has 92 valence electrons. The van der Waals surface area contributed by atoms with E-state index in [1.54, 1.807) is 0 Å². The normalized spacial score (nSPS) is 23.3. The van der Waals surface area contributed by atoms with Crippen molar-refractivity contribution in [3.8, 4) is 0 Å². The third kappa shape index (κ3) is 3.22. The van der Waals surface area contributed by atoms with Crippen molar-refractivity contribution in [2.24, 2.45) is 5.92 Å². The number of hydrogen-bond acceptors (Lipinski definition) is 2. The van der Waals surface area contributed by atoms with E-state index in [2.05, 4.69) is 0 Å². The smallest absolute Gasteiger partial charge is 0.310 e. The van der Waals surface area contributed by atoms with Crippen LogP contribution in [0.2, 0.25) is 5.02 Å². The van der Waals surface area contributed by atoms with Crippen LogP contribution < -0.4 is 0 Å². The van der Waals surface area contributed by atoms with Gasteiger partial charge in [0.25, 0.3) is 0 Å². The highest BCUT2D eigenvalue weighted by atomic mass is 35.5. The van der Waals surface area contributed by atoms with Crippen LogP contribution in [0.15, 0.2) is 24.3 Å². The average Bonchev–Trinajstić information content (AvgIpc) is 2.96. The fourth-order valence-corrected chi connectivity index (χ4v) is 2.04. The van der Waals surface area contributed by atoms with Crippen molar-refractivity contribution in [2.75, 3.05) is 0 Å². The van der Waals surface area contributed by atoms with E-state index in [-0.39, 0.29) is 11.9 Å². The van der Waals surface area contributed by atoms with E-state index in [1.807, 2.05) is 45.0 Å². The molecule has 1 aromatic rings. The van der Waals surface area contributed by atoms with Crippen LogP contribution in [0.1, 0.15) is 38.7 Å². The maximum atomic E-state index is 11.8. The lowest BCUT2D eigenvalue weighted by molar-refractivity contribution is -0.156. The van der Waals surface area contributed by atoms with Crippen LogP contribution in [0.5, 0.6) is 0 Å². The summed E-state index contributed by atoms with van der Waals surface area (Å²) in [5.74, 6) is 0.245. The van der Waals surface area contributed by atoms with E-state index >= 15 is 0 Å². The van der Waals surface area contributed by atoms with Gasteiger partial charge in [-0.2, -0.15) is 0 Å². The van der Waals surface area contributed by atoms with Gasteiger partial charge in [0.2, 0.25) is 0 Å². The molecule has 1 fully saturated rings. The zero-order chi connectivity index (χ0) is 12.6. The first-order valence-electron chi connectivity index (χ1n) is 5.85. The molecular formula is C14H17ClO2. The number of rotatable bonds is 2. The van der Waals surface area contributed by atoms with Gasteiger partial charge in [-0.25, -0.2) is 0 Å². The molecule has 1 aliphatic rings. The molecule has 2 atom stereocenters. The number of carbonyl (C=O) groups excluding carboxylic acids is 1. The summed E-state index contributed by atoms with van der Waals surface area (Å²) in [5, 5.41) is 0.725. The molecule has 0 amide bonds. The van der Waals surface area contributed by atoms with Gasteiger partial charge in [-0.05, 0) is 50.8 Å². The molecule has 1 unspecified atom stereocenters. The van der Waals surface area contributed by atoms with Crippen LogP contribution in [-0.4, -0.2) is 11.6 Å². The summed E-state index contributed by atoms with van der Waals surface area (Å²) in [7, 11) is 0. The summed E-state index contributed by atoms with van der Waals surface area (Å²) in [6.45, 7) is 5.68. The van der Waals surface area contributed by atoms with Crippen molar-refractivity contribution in [1.29, 1.82) is 0 Å². The minimum Gasteiger partial charge on any atom is -0.460 e. The standard InChI is InChI=1S/C14H17ClO2/c1-14(2,3)17-13(16)12-8-11(12)9-4-6-10(15)7-5-9/h4-7,11-12H,8H2,1-3H3/t11?,12-/m0/s1. The number of benzene rings is 1. The Kier molecular flexibility index (Phi) is 3.17. The molecule has 0 bridgehead atoms. The molecule has 2 nitrogen and oxygen atoms in total. The first-order chi connectivity index (χ1) is 7.87. The number of halogens is 1. The molecule has 17 heavy (non-hydrogen) atoms. The molecular weight excluding hydrogens is 236 g/mol. The molecule has 1 saturated carbocycles. The van der Waals surface area contributed by atoms with E-state index < -0.39 is 5.60 Å². The van der Waals surface area contributed by atoms with Crippen molar-refractivity contribution in [2.45, 2.75) is 38.7 Å². The molecule has 0 radical (unpaired) electrons. The van der Waals surface area contributed by atoms with Gasteiger partial charge in [-0.15, -0.1) is 0 Å². The largest absolute Gasteiger partial charge is 0.460 e. The van der Waals surface area contributed by atoms with Gasteiger partial charge >= 0.3 is 5.97 Å². The molecule has 0 saturated heterocycles. The maximum Gasteiger partial charge on any atom is 0.310 e. The molecule has 0 heterocycles. The molecule has 0 aliphatic heterocycles. The maximum absolute atomic E-state index is 11.8. The van der Waals surface area contributed by atoms with Gasteiger partial charge in [0.05, 0.1) is 5.92 Å². The SMILES string of the molecule is CC(C)(C)OC(=O)[C@H]1CC1c1ccc(Cl)cc1. The third-order valence-corrected chi connectivity index (χ3v) is 3.05. The second-order valence-corrected chi connectivity index (χ2v) is 5.97. The summed E-state index contributed by atoms with van der Waals surface area (Å²) < 4.78 is 5.37. The predicted molar refractivity (Wildman–Crippen MR) is 68.1 cm³/mol. The third-order valence-electron chi connectivity index (χ3n) is 2.80. The highest BCUT2D eigenvalue weighted by Crippen LogP contribution is 2.48. The lowest BCUT2D eigenvalue weighted by atomic mass is 10.1. The van der Waals surface area contributed by atoms with Gasteiger partial charge in [-0.1, -0.05) is 23.7 Å². The Hall–Kier alpha value is -1.02. The van der Waals surface area contributed by atoms with Gasteiger partial charge in [0.15, 0.2) is 0 Å². The first kappa shape index (κ1) is 12.4. The average molecular weight is 253 g/mol. The van der Waals surface area contributed by atoms with Crippen molar-refractivity contribution < 1.29 is 9.53 Å². The van der Waals surface area contributed by atoms with Gasteiger partial charge in [0, 0.05) is 5.02 Å². The van der Waals surface area contributed by atoms with Crippen LogP contribution in [0.3, 0.4) is 0 Å². The Morgan fingerprint density at radius 3 is 2.41 bits per heavy atom. The molecule has 0 N–H and O–H groups in total. The topological polar surface area (TPSA) is 26.3 Å². The summed E-state index contributed by atoms with van der Waals surface area (Å²) in [6, 6.07) is 7.69.